The molecule has 0 radical (unpaired) electrons. The van der Waals surface area contributed by atoms with Crippen molar-refractivity contribution < 1.29 is 9.59 Å². The average molecular weight is 284 g/mol. The number of carbonyl (C=O) groups excluding carboxylic acids is 2. The molecule has 1 aliphatic rings. The summed E-state index contributed by atoms with van der Waals surface area (Å²) in [5.74, 6) is -0.271. The largest absolute Gasteiger partial charge is 0.340 e. The minimum Gasteiger partial charge on any atom is -0.298 e. The molecule has 0 N–H and O–H groups in total. The molecule has 0 bridgehead atoms. The van der Waals surface area contributed by atoms with Crippen LogP contribution in [0, 0.1) is 13.8 Å². The number of rotatable bonds is 2. The van der Waals surface area contributed by atoms with E-state index in [0.29, 0.717) is 34.5 Å². The monoisotopic (exact) mass is 284 g/mol. The third kappa shape index (κ3) is 1.48. The third-order valence-corrected chi connectivity index (χ3v) is 4.41. The van der Waals surface area contributed by atoms with Gasteiger partial charge in [0.25, 0.3) is 5.91 Å². The molecule has 0 fully saturated rings. The van der Waals surface area contributed by atoms with Gasteiger partial charge in [0, 0.05) is 16.8 Å². The second-order valence-electron chi connectivity index (χ2n) is 5.37. The maximum atomic E-state index is 12.7. The van der Waals surface area contributed by atoms with E-state index < -0.39 is 5.69 Å². The van der Waals surface area contributed by atoms with Crippen LogP contribution in [0.3, 0.4) is 0 Å². The van der Waals surface area contributed by atoms with Crippen LogP contribution in [0.4, 0.5) is 0 Å². The van der Waals surface area contributed by atoms with Gasteiger partial charge >= 0.3 is 5.69 Å². The number of nitrogens with zero attached hydrogens (tertiary/aromatic N) is 2. The predicted octanol–water partition coefficient (Wildman–Crippen LogP) is 2.37. The summed E-state index contributed by atoms with van der Waals surface area (Å²) in [6.45, 7) is 7.25. The van der Waals surface area contributed by atoms with Gasteiger partial charge in [-0.05, 0) is 44.4 Å². The van der Waals surface area contributed by atoms with Crippen molar-refractivity contribution in [2.24, 2.45) is 0 Å². The summed E-state index contributed by atoms with van der Waals surface area (Å²) in [4.78, 5) is 36.2. The van der Waals surface area contributed by atoms with E-state index in [1.165, 1.54) is 8.97 Å². The van der Waals surface area contributed by atoms with Crippen molar-refractivity contribution in [2.75, 3.05) is 0 Å². The second-order valence-corrected chi connectivity index (χ2v) is 5.37. The fourth-order valence-electron chi connectivity index (χ4n) is 3.22. The molecule has 0 amide bonds. The highest BCUT2D eigenvalue weighted by Crippen LogP contribution is 2.31. The summed E-state index contributed by atoms with van der Waals surface area (Å²) < 4.78 is 2.66. The number of aldehydes is 1. The molecule has 5 heteroatoms. The summed E-state index contributed by atoms with van der Waals surface area (Å²) >= 11 is 0. The van der Waals surface area contributed by atoms with E-state index >= 15 is 0 Å². The van der Waals surface area contributed by atoms with E-state index in [1.54, 1.807) is 13.8 Å². The molecule has 0 saturated heterocycles. The van der Waals surface area contributed by atoms with E-state index in [2.05, 4.69) is 0 Å². The summed E-state index contributed by atoms with van der Waals surface area (Å²) in [5.41, 5.74) is 4.32. The summed E-state index contributed by atoms with van der Waals surface area (Å²) in [7, 11) is 0. The first kappa shape index (κ1) is 13.5. The lowest BCUT2D eigenvalue weighted by Crippen LogP contribution is -2.31. The molecular weight excluding hydrogens is 268 g/mol. The molecule has 2 aromatic rings. The summed E-state index contributed by atoms with van der Waals surface area (Å²) in [6, 6.07) is 1.84. The SMILES string of the molecule is CCC1=C(C)C(=O)n2c1cc1c(C)c(C=O)c(C)n1c2=O. The fourth-order valence-corrected chi connectivity index (χ4v) is 3.22. The van der Waals surface area contributed by atoms with Crippen LogP contribution >= 0.6 is 0 Å². The van der Waals surface area contributed by atoms with Crippen LogP contribution in [-0.2, 0) is 0 Å². The average Bonchev–Trinajstić information content (AvgIpc) is 2.84. The Balaban J connectivity index is 2.54. The summed E-state index contributed by atoms with van der Waals surface area (Å²) in [5, 5.41) is 0. The van der Waals surface area contributed by atoms with Crippen molar-refractivity contribution in [2.45, 2.75) is 34.1 Å². The first-order valence-corrected chi connectivity index (χ1v) is 6.91. The molecule has 1 aliphatic heterocycles. The Morgan fingerprint density at radius 2 is 1.86 bits per heavy atom. The smallest absolute Gasteiger partial charge is 0.298 e. The zero-order valence-corrected chi connectivity index (χ0v) is 12.5. The highest BCUT2D eigenvalue weighted by molar-refractivity contribution is 6.08. The van der Waals surface area contributed by atoms with E-state index in [1.807, 2.05) is 19.9 Å². The number of carbonyl (C=O) groups is 2. The molecular formula is C16H16N2O3. The first-order valence-electron chi connectivity index (χ1n) is 6.91. The number of hydrogen-bond donors (Lipinski definition) is 0. The van der Waals surface area contributed by atoms with Gasteiger partial charge in [-0.3, -0.25) is 14.0 Å². The Morgan fingerprint density at radius 3 is 2.43 bits per heavy atom. The number of fused-ring (bicyclic) bond motifs is 2. The Bertz CT molecular complexity index is 910. The minimum atomic E-state index is -0.399. The van der Waals surface area contributed by atoms with Crippen molar-refractivity contribution in [1.82, 2.24) is 8.97 Å². The van der Waals surface area contributed by atoms with Gasteiger partial charge in [-0.15, -0.1) is 0 Å². The highest BCUT2D eigenvalue weighted by atomic mass is 16.2. The molecule has 0 unspecified atom stereocenters. The number of aromatic nitrogens is 2. The van der Waals surface area contributed by atoms with Gasteiger partial charge < -0.3 is 0 Å². The lowest BCUT2D eigenvalue weighted by Gasteiger charge is -2.07. The van der Waals surface area contributed by atoms with Gasteiger partial charge in [0.2, 0.25) is 0 Å². The van der Waals surface area contributed by atoms with E-state index in [4.69, 9.17) is 0 Å². The quantitative estimate of drug-likeness (QED) is 0.795. The number of hydrogen-bond acceptors (Lipinski definition) is 3. The third-order valence-electron chi connectivity index (χ3n) is 4.41. The zero-order chi connectivity index (χ0) is 15.5. The van der Waals surface area contributed by atoms with E-state index in [9.17, 15) is 14.4 Å². The maximum Gasteiger partial charge on any atom is 0.340 e. The van der Waals surface area contributed by atoms with E-state index in [-0.39, 0.29) is 5.91 Å². The van der Waals surface area contributed by atoms with Gasteiger partial charge in [-0.25, -0.2) is 9.36 Å². The van der Waals surface area contributed by atoms with Crippen molar-refractivity contribution in [3.8, 4) is 0 Å². The predicted molar refractivity (Wildman–Crippen MR) is 80.0 cm³/mol. The van der Waals surface area contributed by atoms with Crippen LogP contribution in [-0.4, -0.2) is 21.2 Å². The Morgan fingerprint density at radius 1 is 1.19 bits per heavy atom. The maximum absolute atomic E-state index is 12.7. The van der Waals surface area contributed by atoms with Gasteiger partial charge in [0.1, 0.15) is 0 Å². The Hall–Kier alpha value is -2.43. The van der Waals surface area contributed by atoms with Gasteiger partial charge in [0.15, 0.2) is 6.29 Å². The number of aryl methyl sites for hydroxylation is 2. The van der Waals surface area contributed by atoms with Crippen molar-refractivity contribution in [1.29, 1.82) is 0 Å². The van der Waals surface area contributed by atoms with E-state index in [0.717, 1.165) is 17.4 Å². The topological polar surface area (TPSA) is 60.6 Å². The van der Waals surface area contributed by atoms with Crippen LogP contribution in [0.15, 0.2) is 16.4 Å². The fraction of sp³-hybridized carbons (Fsp3) is 0.312. The molecule has 2 aromatic heterocycles. The van der Waals surface area contributed by atoms with Crippen molar-refractivity contribution >= 4 is 23.3 Å². The van der Waals surface area contributed by atoms with Crippen molar-refractivity contribution in [3.63, 3.8) is 0 Å². The summed E-state index contributed by atoms with van der Waals surface area (Å²) in [6.07, 6.45) is 1.45. The molecule has 108 valence electrons. The van der Waals surface area contributed by atoms with Gasteiger partial charge in [-0.2, -0.15) is 0 Å². The van der Waals surface area contributed by atoms with Crippen LogP contribution in [0.2, 0.25) is 0 Å². The molecule has 21 heavy (non-hydrogen) atoms. The van der Waals surface area contributed by atoms with Crippen LogP contribution in [0.1, 0.15) is 52.4 Å². The first-order chi connectivity index (χ1) is 9.93. The van der Waals surface area contributed by atoms with Gasteiger partial charge in [-0.1, -0.05) is 6.92 Å². The van der Waals surface area contributed by atoms with Crippen molar-refractivity contribution in [3.05, 3.63) is 44.6 Å². The minimum absolute atomic E-state index is 0.271. The van der Waals surface area contributed by atoms with Crippen LogP contribution in [0.25, 0.3) is 11.1 Å². The van der Waals surface area contributed by atoms with Crippen LogP contribution < -0.4 is 5.69 Å². The molecule has 5 nitrogen and oxygen atoms in total. The van der Waals surface area contributed by atoms with Gasteiger partial charge in [0.05, 0.1) is 11.2 Å². The molecule has 0 saturated carbocycles. The molecule has 0 spiro atoms. The molecule has 0 atom stereocenters. The lowest BCUT2D eigenvalue weighted by molar-refractivity contribution is 0.0955. The molecule has 3 heterocycles. The molecule has 0 aromatic carbocycles. The normalized spacial score (nSPS) is 14.2. The Kier molecular flexibility index (Phi) is 2.76. The lowest BCUT2D eigenvalue weighted by atomic mass is 10.1. The molecule has 0 aliphatic carbocycles. The highest BCUT2D eigenvalue weighted by Gasteiger charge is 2.29. The number of allylic oxidation sites excluding steroid dienone is 2. The molecule has 3 rings (SSSR count). The standard InChI is InChI=1S/C16H16N2O3/c1-5-11-9(3)15(20)18-14(11)6-13-8(2)12(7-19)10(4)17(13)16(18)21/h6-7H,5H2,1-4H3. The van der Waals surface area contributed by atoms with Crippen LogP contribution in [0.5, 0.6) is 0 Å². The Labute approximate surface area is 121 Å². The zero-order valence-electron chi connectivity index (χ0n) is 12.5. The second kappa shape index (κ2) is 4.28.